The number of nitrogens with one attached hydrogen (secondary N) is 1. The number of aromatic amines is 1. The lowest BCUT2D eigenvalue weighted by Crippen LogP contribution is -2.04. The van der Waals surface area contributed by atoms with E-state index in [1.54, 1.807) is 0 Å². The lowest BCUT2D eigenvalue weighted by molar-refractivity contribution is 0.288. The Morgan fingerprint density at radius 2 is 1.84 bits per heavy atom. The smallest absolute Gasteiger partial charge is 0.251 e. The molecule has 0 fully saturated rings. The third-order valence-corrected chi connectivity index (χ3v) is 2.52. The Bertz CT molecular complexity index is 608. The Morgan fingerprint density at radius 1 is 1.11 bits per heavy atom. The number of benzene rings is 1. The summed E-state index contributed by atoms with van der Waals surface area (Å²) in [5.41, 5.74) is 1.24. The van der Waals surface area contributed by atoms with Crippen molar-refractivity contribution >= 4 is 0 Å². The summed E-state index contributed by atoms with van der Waals surface area (Å²) in [5, 5.41) is 0. The molecule has 0 radical (unpaired) electrons. The minimum atomic E-state index is -0.183. The molecule has 100 valence electrons. The fourth-order valence-electron chi connectivity index (χ4n) is 1.74. The zero-order valence-electron chi connectivity index (χ0n) is 11.0. The number of nitrogens with zero attached hydrogens (tertiary/aromatic N) is 1. The van der Waals surface area contributed by atoms with E-state index in [1.165, 1.54) is 12.4 Å². The molecule has 0 spiro atoms. The van der Waals surface area contributed by atoms with Crippen LogP contribution in [0.1, 0.15) is 13.8 Å². The van der Waals surface area contributed by atoms with E-state index < -0.39 is 0 Å². The Labute approximate surface area is 111 Å². The van der Waals surface area contributed by atoms with E-state index in [0.717, 1.165) is 5.56 Å². The standard InChI is InChI=1S/C14H16N2O3/c1-3-18-12-6-5-10(7-13(12)19-4-2)11-8-14(17)16-9-15-11/h5-9H,3-4H2,1-2H3,(H,15,16,17). The van der Waals surface area contributed by atoms with E-state index >= 15 is 0 Å². The number of aromatic nitrogens is 2. The molecular weight excluding hydrogens is 244 g/mol. The maximum Gasteiger partial charge on any atom is 0.251 e. The van der Waals surface area contributed by atoms with Crippen LogP contribution in [0.2, 0.25) is 0 Å². The molecular formula is C14H16N2O3. The van der Waals surface area contributed by atoms with Crippen LogP contribution in [0.4, 0.5) is 0 Å². The molecule has 1 aromatic heterocycles. The van der Waals surface area contributed by atoms with Gasteiger partial charge in [0.15, 0.2) is 11.5 Å². The highest BCUT2D eigenvalue weighted by molar-refractivity contribution is 5.63. The average molecular weight is 260 g/mol. The first-order chi connectivity index (χ1) is 9.24. The number of hydrogen-bond acceptors (Lipinski definition) is 4. The average Bonchev–Trinajstić information content (AvgIpc) is 2.41. The quantitative estimate of drug-likeness (QED) is 0.895. The van der Waals surface area contributed by atoms with Crippen molar-refractivity contribution in [2.75, 3.05) is 13.2 Å². The number of ether oxygens (including phenoxy) is 2. The van der Waals surface area contributed by atoms with Crippen molar-refractivity contribution in [3.8, 4) is 22.8 Å². The summed E-state index contributed by atoms with van der Waals surface area (Å²) >= 11 is 0. The second kappa shape index (κ2) is 6.04. The molecule has 0 aliphatic heterocycles. The summed E-state index contributed by atoms with van der Waals surface area (Å²) in [7, 11) is 0. The zero-order valence-corrected chi connectivity index (χ0v) is 11.0. The molecule has 5 nitrogen and oxygen atoms in total. The van der Waals surface area contributed by atoms with Crippen molar-refractivity contribution < 1.29 is 9.47 Å². The van der Waals surface area contributed by atoms with Gasteiger partial charge in [-0.05, 0) is 32.0 Å². The molecule has 0 amide bonds. The summed E-state index contributed by atoms with van der Waals surface area (Å²) in [6.45, 7) is 4.95. The fourth-order valence-corrected chi connectivity index (χ4v) is 1.74. The van der Waals surface area contributed by atoms with Gasteiger partial charge in [-0.1, -0.05) is 0 Å². The first kappa shape index (κ1) is 13.1. The van der Waals surface area contributed by atoms with Gasteiger partial charge in [0.25, 0.3) is 5.56 Å². The van der Waals surface area contributed by atoms with E-state index in [4.69, 9.17) is 9.47 Å². The molecule has 1 heterocycles. The van der Waals surface area contributed by atoms with E-state index in [9.17, 15) is 4.79 Å². The van der Waals surface area contributed by atoms with Gasteiger partial charge in [-0.15, -0.1) is 0 Å². The number of H-pyrrole nitrogens is 1. The van der Waals surface area contributed by atoms with Gasteiger partial charge < -0.3 is 14.5 Å². The molecule has 0 bridgehead atoms. The first-order valence-electron chi connectivity index (χ1n) is 6.19. The Balaban J connectivity index is 2.42. The van der Waals surface area contributed by atoms with Gasteiger partial charge in [-0.2, -0.15) is 0 Å². The van der Waals surface area contributed by atoms with Gasteiger partial charge in [-0.25, -0.2) is 4.98 Å². The van der Waals surface area contributed by atoms with Crippen molar-refractivity contribution in [2.24, 2.45) is 0 Å². The molecule has 0 atom stereocenters. The van der Waals surface area contributed by atoms with Crippen LogP contribution in [0.5, 0.6) is 11.5 Å². The van der Waals surface area contributed by atoms with Crippen LogP contribution >= 0.6 is 0 Å². The van der Waals surface area contributed by atoms with E-state index in [-0.39, 0.29) is 5.56 Å². The monoisotopic (exact) mass is 260 g/mol. The van der Waals surface area contributed by atoms with E-state index in [1.807, 2.05) is 32.0 Å². The van der Waals surface area contributed by atoms with Gasteiger partial charge in [0.05, 0.1) is 25.2 Å². The molecule has 0 aliphatic rings. The molecule has 0 aliphatic carbocycles. The topological polar surface area (TPSA) is 64.2 Å². The number of hydrogen-bond donors (Lipinski definition) is 1. The normalized spacial score (nSPS) is 10.2. The Hall–Kier alpha value is -2.30. The fraction of sp³-hybridized carbons (Fsp3) is 0.286. The van der Waals surface area contributed by atoms with Gasteiger partial charge in [0.1, 0.15) is 0 Å². The highest BCUT2D eigenvalue weighted by Crippen LogP contribution is 2.31. The lowest BCUT2D eigenvalue weighted by atomic mass is 10.1. The van der Waals surface area contributed by atoms with Gasteiger partial charge >= 0.3 is 0 Å². The van der Waals surface area contributed by atoms with Gasteiger partial charge in [0, 0.05) is 11.6 Å². The predicted molar refractivity (Wildman–Crippen MR) is 72.6 cm³/mol. The molecule has 0 saturated heterocycles. The third-order valence-electron chi connectivity index (χ3n) is 2.52. The summed E-state index contributed by atoms with van der Waals surface area (Å²) in [6, 6.07) is 6.96. The molecule has 1 N–H and O–H groups in total. The molecule has 1 aromatic carbocycles. The highest BCUT2D eigenvalue weighted by atomic mass is 16.5. The van der Waals surface area contributed by atoms with Crippen LogP contribution in [0.3, 0.4) is 0 Å². The molecule has 19 heavy (non-hydrogen) atoms. The van der Waals surface area contributed by atoms with E-state index in [2.05, 4.69) is 9.97 Å². The molecule has 2 aromatic rings. The lowest BCUT2D eigenvalue weighted by Gasteiger charge is -2.12. The SMILES string of the molecule is CCOc1ccc(-c2cc(=O)[nH]cn2)cc1OCC. The number of rotatable bonds is 5. The van der Waals surface area contributed by atoms with E-state index in [0.29, 0.717) is 30.4 Å². The summed E-state index contributed by atoms with van der Waals surface area (Å²) < 4.78 is 11.0. The predicted octanol–water partition coefficient (Wildman–Crippen LogP) is 2.23. The van der Waals surface area contributed by atoms with Gasteiger partial charge in [-0.3, -0.25) is 4.79 Å². The van der Waals surface area contributed by atoms with Crippen molar-refractivity contribution in [1.29, 1.82) is 0 Å². The van der Waals surface area contributed by atoms with Crippen molar-refractivity contribution in [2.45, 2.75) is 13.8 Å². The van der Waals surface area contributed by atoms with Crippen molar-refractivity contribution in [1.82, 2.24) is 9.97 Å². The molecule has 5 heteroatoms. The third kappa shape index (κ3) is 3.13. The maximum absolute atomic E-state index is 11.3. The maximum atomic E-state index is 11.3. The molecule has 0 unspecified atom stereocenters. The minimum absolute atomic E-state index is 0.183. The molecule has 2 rings (SSSR count). The summed E-state index contributed by atoms with van der Waals surface area (Å²) in [5.74, 6) is 1.35. The second-order valence-corrected chi connectivity index (χ2v) is 3.82. The highest BCUT2D eigenvalue weighted by Gasteiger charge is 2.08. The van der Waals surface area contributed by atoms with Crippen LogP contribution in [0, 0.1) is 0 Å². The Morgan fingerprint density at radius 3 is 2.53 bits per heavy atom. The van der Waals surface area contributed by atoms with Gasteiger partial charge in [0.2, 0.25) is 0 Å². The summed E-state index contributed by atoms with van der Waals surface area (Å²) in [4.78, 5) is 17.9. The first-order valence-corrected chi connectivity index (χ1v) is 6.19. The van der Waals surface area contributed by atoms with Crippen molar-refractivity contribution in [3.05, 3.63) is 40.9 Å². The van der Waals surface area contributed by atoms with Crippen LogP contribution < -0.4 is 15.0 Å². The van der Waals surface area contributed by atoms with Crippen LogP contribution in [0.15, 0.2) is 35.4 Å². The van der Waals surface area contributed by atoms with Crippen LogP contribution in [-0.4, -0.2) is 23.2 Å². The zero-order chi connectivity index (χ0) is 13.7. The summed E-state index contributed by atoms with van der Waals surface area (Å²) in [6.07, 6.45) is 1.38. The second-order valence-electron chi connectivity index (χ2n) is 3.82. The largest absolute Gasteiger partial charge is 0.490 e. The van der Waals surface area contributed by atoms with Crippen LogP contribution in [0.25, 0.3) is 11.3 Å². The molecule has 0 saturated carbocycles. The van der Waals surface area contributed by atoms with Crippen molar-refractivity contribution in [3.63, 3.8) is 0 Å². The Kier molecular flexibility index (Phi) is 4.18. The van der Waals surface area contributed by atoms with Crippen LogP contribution in [-0.2, 0) is 0 Å². The minimum Gasteiger partial charge on any atom is -0.490 e.